The number of anilines is 1. The highest BCUT2D eigenvalue weighted by atomic mass is 31.2. The average Bonchev–Trinajstić information content (AvgIpc) is 3.26. The van der Waals surface area contributed by atoms with Gasteiger partial charge in [0, 0.05) is 12.6 Å². The van der Waals surface area contributed by atoms with Gasteiger partial charge in [0.15, 0.2) is 5.67 Å². The maximum absolute atomic E-state index is 15.9. The van der Waals surface area contributed by atoms with E-state index < -0.39 is 49.6 Å². The normalized spacial score (nSPS) is 30.2. The second-order valence-corrected chi connectivity index (χ2v) is 10.6. The fourth-order valence-electron chi connectivity index (χ4n) is 4.45. The molecule has 0 spiro atoms. The van der Waals surface area contributed by atoms with Gasteiger partial charge in [-0.05, 0) is 38.6 Å². The number of alkyl halides is 1. The zero-order valence-electron chi connectivity index (χ0n) is 19.8. The Bertz CT molecular complexity index is 1240. The number of benzene rings is 1. The number of para-hydroxylation sites is 1. The number of allylic oxidation sites excluding steroid dienone is 1. The number of rotatable bonds is 11. The number of nitrogens with one attached hydrogen (secondary N) is 2. The largest absolute Gasteiger partial charge is 0.458 e. The van der Waals surface area contributed by atoms with Crippen LogP contribution in [0.25, 0.3) is 0 Å². The van der Waals surface area contributed by atoms with Crippen molar-refractivity contribution in [3.05, 3.63) is 65.7 Å². The molecule has 2 aromatic rings. The van der Waals surface area contributed by atoms with Crippen molar-refractivity contribution < 1.29 is 32.6 Å². The van der Waals surface area contributed by atoms with Crippen LogP contribution >= 0.6 is 7.75 Å². The third kappa shape index (κ3) is 4.62. The van der Waals surface area contributed by atoms with E-state index >= 15 is 4.39 Å². The molecular formula is C23H28FN4O7P. The standard InChI is InChI=1S/C23H28FN4O7P/c1-4-5-11-18(29)26-17-12-13-28(21(31)27-17)20-22(2)23(20,24)19(30)16(34-22)14-33-36(32,25-3)35-15-9-7-6-8-10-15/h4,6-10,12-13,16,19-20,30H,1,5,11,14H2,2-3H3,(H,25,32)(H,26,27,29,31). The third-order valence-corrected chi connectivity index (χ3v) is 7.87. The molecule has 1 amide bonds. The monoisotopic (exact) mass is 522 g/mol. The molecule has 13 heteroatoms. The van der Waals surface area contributed by atoms with Gasteiger partial charge in [-0.15, -0.1) is 6.58 Å². The maximum Gasteiger partial charge on any atom is 0.458 e. The Labute approximate surface area is 206 Å². The summed E-state index contributed by atoms with van der Waals surface area (Å²) in [7, 11) is -2.44. The molecule has 6 atom stereocenters. The van der Waals surface area contributed by atoms with Gasteiger partial charge in [-0.2, -0.15) is 4.98 Å². The molecule has 36 heavy (non-hydrogen) atoms. The Morgan fingerprint density at radius 3 is 2.69 bits per heavy atom. The molecule has 194 valence electrons. The maximum atomic E-state index is 15.9. The minimum Gasteiger partial charge on any atom is -0.413 e. The highest BCUT2D eigenvalue weighted by Crippen LogP contribution is 2.69. The molecule has 6 unspecified atom stereocenters. The van der Waals surface area contributed by atoms with Gasteiger partial charge in [0.1, 0.15) is 35.4 Å². The molecule has 4 rings (SSSR count). The van der Waals surface area contributed by atoms with Crippen LogP contribution in [0, 0.1) is 0 Å². The highest BCUT2D eigenvalue weighted by Gasteiger charge is 2.87. The SMILES string of the molecule is C=CCCC(=O)Nc1ccn(C2C3(C)OC(COP(=O)(NC)Oc4ccccc4)C(O)C23F)c(=O)n1. The summed E-state index contributed by atoms with van der Waals surface area (Å²) in [5.74, 6) is -0.0104. The van der Waals surface area contributed by atoms with Gasteiger partial charge in [0.05, 0.1) is 6.61 Å². The summed E-state index contributed by atoms with van der Waals surface area (Å²) in [6.45, 7) is 4.54. The Morgan fingerprint density at radius 1 is 1.39 bits per heavy atom. The van der Waals surface area contributed by atoms with Crippen molar-refractivity contribution in [2.45, 2.75) is 49.3 Å². The van der Waals surface area contributed by atoms with E-state index in [-0.39, 0.29) is 18.1 Å². The Kier molecular flexibility index (Phi) is 7.18. The minimum atomic E-state index is -3.82. The van der Waals surface area contributed by atoms with Crippen LogP contribution in [0.15, 0.2) is 60.0 Å². The number of carbonyl (C=O) groups is 1. The first-order valence-electron chi connectivity index (χ1n) is 11.3. The lowest BCUT2D eigenvalue weighted by Crippen LogP contribution is -2.40. The Hall–Kier alpha value is -2.89. The van der Waals surface area contributed by atoms with E-state index in [1.165, 1.54) is 26.2 Å². The number of fused-ring (bicyclic) bond motifs is 1. The van der Waals surface area contributed by atoms with Crippen LogP contribution in [-0.4, -0.2) is 57.7 Å². The molecule has 2 fully saturated rings. The van der Waals surface area contributed by atoms with Gasteiger partial charge in [-0.3, -0.25) is 13.9 Å². The smallest absolute Gasteiger partial charge is 0.413 e. The summed E-state index contributed by atoms with van der Waals surface area (Å²) in [6, 6.07) is 8.55. The average molecular weight is 522 g/mol. The molecule has 0 radical (unpaired) electrons. The summed E-state index contributed by atoms with van der Waals surface area (Å²) >= 11 is 0. The predicted molar refractivity (Wildman–Crippen MR) is 128 cm³/mol. The lowest BCUT2D eigenvalue weighted by molar-refractivity contribution is -0.116. The molecule has 1 aromatic heterocycles. The molecular weight excluding hydrogens is 494 g/mol. The molecule has 2 heterocycles. The summed E-state index contributed by atoms with van der Waals surface area (Å²) in [5.41, 5.74) is -4.68. The molecule has 11 nitrogen and oxygen atoms in total. The molecule has 0 bridgehead atoms. The molecule has 1 aromatic carbocycles. The van der Waals surface area contributed by atoms with Crippen LogP contribution in [0.3, 0.4) is 0 Å². The molecule has 1 saturated heterocycles. The topological polar surface area (TPSA) is 141 Å². The minimum absolute atomic E-state index is 0.0307. The second-order valence-electron chi connectivity index (χ2n) is 8.68. The third-order valence-electron chi connectivity index (χ3n) is 6.38. The van der Waals surface area contributed by atoms with E-state index in [0.29, 0.717) is 12.2 Å². The van der Waals surface area contributed by atoms with Gasteiger partial charge in [-0.1, -0.05) is 24.3 Å². The van der Waals surface area contributed by atoms with E-state index in [9.17, 15) is 19.3 Å². The van der Waals surface area contributed by atoms with Crippen molar-refractivity contribution in [2.24, 2.45) is 0 Å². The number of ether oxygens (including phenoxy) is 1. The fraction of sp³-hybridized carbons (Fsp3) is 0.435. The first kappa shape index (κ1) is 26.2. The van der Waals surface area contributed by atoms with E-state index in [1.807, 2.05) is 0 Å². The van der Waals surface area contributed by atoms with E-state index in [2.05, 4.69) is 22.0 Å². The van der Waals surface area contributed by atoms with E-state index in [4.69, 9.17) is 13.8 Å². The first-order chi connectivity index (χ1) is 17.1. The van der Waals surface area contributed by atoms with Gasteiger partial charge in [0.25, 0.3) is 0 Å². The van der Waals surface area contributed by atoms with Gasteiger partial charge >= 0.3 is 13.4 Å². The molecule has 3 N–H and O–H groups in total. The van der Waals surface area contributed by atoms with E-state index in [1.54, 1.807) is 36.4 Å². The number of hydrogen-bond acceptors (Lipinski definition) is 8. The molecule has 1 saturated carbocycles. The van der Waals surface area contributed by atoms with Crippen LogP contribution in [0.5, 0.6) is 5.75 Å². The van der Waals surface area contributed by atoms with Crippen molar-refractivity contribution in [1.82, 2.24) is 14.6 Å². The number of aromatic nitrogens is 2. The number of carbonyl (C=O) groups excluding carboxylic acids is 1. The number of aliphatic hydroxyl groups is 1. The van der Waals surface area contributed by atoms with Crippen LogP contribution in [0.4, 0.5) is 10.2 Å². The first-order valence-corrected chi connectivity index (χ1v) is 12.8. The summed E-state index contributed by atoms with van der Waals surface area (Å²) < 4.78 is 46.4. The molecule has 1 aliphatic carbocycles. The molecule has 1 aliphatic heterocycles. The van der Waals surface area contributed by atoms with Crippen molar-refractivity contribution in [2.75, 3.05) is 19.0 Å². The second kappa shape index (κ2) is 9.87. The van der Waals surface area contributed by atoms with Crippen LogP contribution in [0.1, 0.15) is 25.8 Å². The van der Waals surface area contributed by atoms with Gasteiger partial charge in [0.2, 0.25) is 5.91 Å². The van der Waals surface area contributed by atoms with Crippen molar-refractivity contribution in [1.29, 1.82) is 0 Å². The van der Waals surface area contributed by atoms with Crippen molar-refractivity contribution in [3.63, 3.8) is 0 Å². The quantitative estimate of drug-likeness (QED) is 0.300. The van der Waals surface area contributed by atoms with Crippen LogP contribution < -0.4 is 20.6 Å². The summed E-state index contributed by atoms with van der Waals surface area (Å²) in [5, 5.41) is 15.7. The van der Waals surface area contributed by atoms with Crippen LogP contribution in [-0.2, 0) is 18.6 Å². The zero-order valence-corrected chi connectivity index (χ0v) is 20.7. The van der Waals surface area contributed by atoms with Crippen LogP contribution in [0.2, 0.25) is 0 Å². The van der Waals surface area contributed by atoms with Crippen molar-refractivity contribution >= 4 is 19.5 Å². The number of halogens is 1. The van der Waals surface area contributed by atoms with Gasteiger partial charge in [-0.25, -0.2) is 18.8 Å². The number of nitrogens with zero attached hydrogens (tertiary/aromatic N) is 2. The fourth-order valence-corrected chi connectivity index (χ4v) is 5.47. The van der Waals surface area contributed by atoms with Crippen molar-refractivity contribution in [3.8, 4) is 5.75 Å². The lowest BCUT2D eigenvalue weighted by Gasteiger charge is -2.25. The zero-order chi connectivity index (χ0) is 26.1. The number of hydrogen-bond donors (Lipinski definition) is 3. The lowest BCUT2D eigenvalue weighted by atomic mass is 10.1. The number of aliphatic hydroxyl groups excluding tert-OH is 1. The predicted octanol–water partition coefficient (Wildman–Crippen LogP) is 2.35. The Balaban J connectivity index is 1.42. The highest BCUT2D eigenvalue weighted by molar-refractivity contribution is 7.52. The van der Waals surface area contributed by atoms with E-state index in [0.717, 1.165) is 4.57 Å². The summed E-state index contributed by atoms with van der Waals surface area (Å²) in [6.07, 6.45) is 0.691. The Morgan fingerprint density at radius 2 is 2.11 bits per heavy atom. The van der Waals surface area contributed by atoms with Gasteiger partial charge < -0.3 is 19.7 Å². The number of amides is 1. The molecule has 2 aliphatic rings. The summed E-state index contributed by atoms with van der Waals surface area (Å²) in [4.78, 5) is 28.2.